The van der Waals surface area contributed by atoms with Crippen molar-refractivity contribution in [2.75, 3.05) is 20.2 Å². The van der Waals surface area contributed by atoms with Crippen molar-refractivity contribution in [3.05, 3.63) is 0 Å². The smallest absolute Gasteiger partial charge is 0.326 e. The molecule has 2 fully saturated rings. The van der Waals surface area contributed by atoms with E-state index < -0.39 is 5.54 Å². The number of likely N-dealkylation sites (tertiary alicyclic amines) is 1. The molecule has 1 saturated carbocycles. The third-order valence-electron chi connectivity index (χ3n) is 5.02. The zero-order valence-electron chi connectivity index (χ0n) is 13.3. The number of hydrogen-bond acceptors (Lipinski definition) is 4. The first-order valence-electron chi connectivity index (χ1n) is 8.17. The van der Waals surface area contributed by atoms with E-state index in [2.05, 4.69) is 24.1 Å². The Hall–Kier alpha value is -0.610. The van der Waals surface area contributed by atoms with Crippen LogP contribution in [0.15, 0.2) is 0 Å². The summed E-state index contributed by atoms with van der Waals surface area (Å²) in [5.74, 6) is -0.0602. The van der Waals surface area contributed by atoms with Crippen LogP contribution in [-0.2, 0) is 9.53 Å². The summed E-state index contributed by atoms with van der Waals surface area (Å²) >= 11 is 0. The second-order valence-electron chi connectivity index (χ2n) is 6.68. The predicted molar refractivity (Wildman–Crippen MR) is 80.7 cm³/mol. The first-order valence-corrected chi connectivity index (χ1v) is 8.17. The molecule has 1 N–H and O–H groups in total. The predicted octanol–water partition coefficient (Wildman–Crippen LogP) is 2.32. The molecule has 1 aliphatic carbocycles. The van der Waals surface area contributed by atoms with Crippen LogP contribution in [0.2, 0.25) is 0 Å². The molecule has 4 nitrogen and oxygen atoms in total. The van der Waals surface area contributed by atoms with E-state index in [-0.39, 0.29) is 5.97 Å². The highest BCUT2D eigenvalue weighted by molar-refractivity contribution is 5.80. The molecular formula is C16H30N2O2. The van der Waals surface area contributed by atoms with Crippen molar-refractivity contribution >= 4 is 5.97 Å². The Kier molecular flexibility index (Phi) is 5.44. The van der Waals surface area contributed by atoms with Crippen LogP contribution < -0.4 is 5.32 Å². The highest BCUT2D eigenvalue weighted by atomic mass is 16.5. The number of carbonyl (C=O) groups excluding carboxylic acids is 1. The average molecular weight is 282 g/mol. The van der Waals surface area contributed by atoms with Crippen LogP contribution in [0.1, 0.15) is 58.8 Å². The number of methoxy groups -OCH3 is 1. The second kappa shape index (κ2) is 6.90. The summed E-state index contributed by atoms with van der Waals surface area (Å²) in [4.78, 5) is 14.9. The average Bonchev–Trinajstić information content (AvgIpc) is 2.83. The lowest BCUT2D eigenvalue weighted by Crippen LogP contribution is -2.56. The SMILES string of the molecule is COC(=O)C1(NC2CCCC2)CCCN(C(C)C)CC1. The standard InChI is InChI=1S/C16H30N2O2/c1-13(2)18-11-6-9-16(10-12-18,15(19)20-3)17-14-7-4-5-8-14/h13-14,17H,4-12H2,1-3H3. The van der Waals surface area contributed by atoms with Gasteiger partial charge in [0.1, 0.15) is 5.54 Å². The zero-order valence-corrected chi connectivity index (χ0v) is 13.3. The van der Waals surface area contributed by atoms with E-state index in [1.54, 1.807) is 0 Å². The molecule has 1 saturated heterocycles. The van der Waals surface area contributed by atoms with E-state index in [1.807, 2.05) is 0 Å². The lowest BCUT2D eigenvalue weighted by molar-refractivity contribution is -0.149. The Morgan fingerprint density at radius 1 is 1.20 bits per heavy atom. The quantitative estimate of drug-likeness (QED) is 0.804. The van der Waals surface area contributed by atoms with E-state index in [0.717, 1.165) is 32.4 Å². The summed E-state index contributed by atoms with van der Waals surface area (Å²) in [5, 5.41) is 3.68. The fourth-order valence-corrected chi connectivity index (χ4v) is 3.74. The topological polar surface area (TPSA) is 41.6 Å². The molecule has 1 aliphatic heterocycles. The normalized spacial score (nSPS) is 29.6. The van der Waals surface area contributed by atoms with Crippen LogP contribution >= 0.6 is 0 Å². The maximum atomic E-state index is 12.4. The van der Waals surface area contributed by atoms with Crippen LogP contribution in [0.5, 0.6) is 0 Å². The Bertz CT molecular complexity index is 326. The third kappa shape index (κ3) is 3.53. The van der Waals surface area contributed by atoms with Crippen LogP contribution in [0, 0.1) is 0 Å². The van der Waals surface area contributed by atoms with Gasteiger partial charge in [0, 0.05) is 18.6 Å². The molecule has 2 aliphatic rings. The minimum atomic E-state index is -0.451. The highest BCUT2D eigenvalue weighted by Gasteiger charge is 2.42. The molecule has 0 aromatic heterocycles. The Labute approximate surface area is 123 Å². The molecule has 1 heterocycles. The Morgan fingerprint density at radius 3 is 2.50 bits per heavy atom. The lowest BCUT2D eigenvalue weighted by atomic mass is 9.89. The number of nitrogens with one attached hydrogen (secondary N) is 1. The minimum absolute atomic E-state index is 0.0602. The van der Waals surface area contributed by atoms with Crippen molar-refractivity contribution in [2.45, 2.75) is 76.4 Å². The molecule has 0 amide bonds. The van der Waals surface area contributed by atoms with Crippen molar-refractivity contribution in [1.29, 1.82) is 0 Å². The highest BCUT2D eigenvalue weighted by Crippen LogP contribution is 2.29. The number of nitrogens with zero attached hydrogens (tertiary/aromatic N) is 1. The van der Waals surface area contributed by atoms with Gasteiger partial charge in [0.2, 0.25) is 0 Å². The van der Waals surface area contributed by atoms with Gasteiger partial charge >= 0.3 is 5.97 Å². The molecule has 1 atom stereocenters. The fourth-order valence-electron chi connectivity index (χ4n) is 3.74. The van der Waals surface area contributed by atoms with Gasteiger partial charge in [-0.05, 0) is 52.5 Å². The fraction of sp³-hybridized carbons (Fsp3) is 0.938. The summed E-state index contributed by atoms with van der Waals surface area (Å²) in [6.07, 6.45) is 7.81. The van der Waals surface area contributed by atoms with Crippen LogP contribution in [0.4, 0.5) is 0 Å². The maximum absolute atomic E-state index is 12.4. The molecule has 2 rings (SSSR count). The van der Waals surface area contributed by atoms with Gasteiger partial charge in [0.25, 0.3) is 0 Å². The molecule has 0 aromatic rings. The van der Waals surface area contributed by atoms with Crippen molar-refractivity contribution in [3.8, 4) is 0 Å². The lowest BCUT2D eigenvalue weighted by Gasteiger charge is -2.34. The molecule has 0 aromatic carbocycles. The first kappa shape index (κ1) is 15.8. The van der Waals surface area contributed by atoms with Crippen molar-refractivity contribution in [1.82, 2.24) is 10.2 Å². The van der Waals surface area contributed by atoms with E-state index >= 15 is 0 Å². The number of esters is 1. The molecule has 0 radical (unpaired) electrons. The van der Waals surface area contributed by atoms with Gasteiger partial charge in [-0.3, -0.25) is 10.1 Å². The van der Waals surface area contributed by atoms with E-state index in [4.69, 9.17) is 4.74 Å². The number of ether oxygens (including phenoxy) is 1. The largest absolute Gasteiger partial charge is 0.468 e. The molecular weight excluding hydrogens is 252 g/mol. The van der Waals surface area contributed by atoms with Gasteiger partial charge < -0.3 is 9.64 Å². The van der Waals surface area contributed by atoms with Gasteiger partial charge in [0.05, 0.1) is 7.11 Å². The summed E-state index contributed by atoms with van der Waals surface area (Å²) < 4.78 is 5.13. The third-order valence-corrected chi connectivity index (χ3v) is 5.02. The van der Waals surface area contributed by atoms with Crippen molar-refractivity contribution in [3.63, 3.8) is 0 Å². The molecule has 116 valence electrons. The summed E-state index contributed by atoms with van der Waals surface area (Å²) in [7, 11) is 1.52. The zero-order chi connectivity index (χ0) is 14.6. The molecule has 4 heteroatoms. The number of carbonyl (C=O) groups is 1. The van der Waals surface area contributed by atoms with Gasteiger partial charge in [-0.1, -0.05) is 12.8 Å². The van der Waals surface area contributed by atoms with Gasteiger partial charge in [0.15, 0.2) is 0 Å². The van der Waals surface area contributed by atoms with Crippen molar-refractivity contribution in [2.24, 2.45) is 0 Å². The summed E-state index contributed by atoms with van der Waals surface area (Å²) in [6, 6.07) is 1.05. The summed E-state index contributed by atoms with van der Waals surface area (Å²) in [5.41, 5.74) is -0.451. The van der Waals surface area contributed by atoms with Gasteiger partial charge in [-0.2, -0.15) is 0 Å². The van der Waals surface area contributed by atoms with Crippen LogP contribution in [-0.4, -0.2) is 48.7 Å². The van der Waals surface area contributed by atoms with E-state index in [9.17, 15) is 4.79 Å². The van der Waals surface area contributed by atoms with Crippen LogP contribution in [0.3, 0.4) is 0 Å². The molecule has 1 unspecified atom stereocenters. The monoisotopic (exact) mass is 282 g/mol. The molecule has 0 spiro atoms. The maximum Gasteiger partial charge on any atom is 0.326 e. The van der Waals surface area contributed by atoms with E-state index in [1.165, 1.54) is 32.8 Å². The molecule has 20 heavy (non-hydrogen) atoms. The summed E-state index contributed by atoms with van der Waals surface area (Å²) in [6.45, 7) is 6.53. The first-order chi connectivity index (χ1) is 9.57. The Morgan fingerprint density at radius 2 is 1.90 bits per heavy atom. The second-order valence-corrected chi connectivity index (χ2v) is 6.68. The van der Waals surface area contributed by atoms with Crippen molar-refractivity contribution < 1.29 is 9.53 Å². The van der Waals surface area contributed by atoms with Gasteiger partial charge in [-0.15, -0.1) is 0 Å². The minimum Gasteiger partial charge on any atom is -0.468 e. The molecule has 0 bridgehead atoms. The van der Waals surface area contributed by atoms with E-state index in [0.29, 0.717) is 12.1 Å². The number of hydrogen-bond donors (Lipinski definition) is 1. The Balaban J connectivity index is 2.08. The van der Waals surface area contributed by atoms with Gasteiger partial charge in [-0.25, -0.2) is 0 Å². The number of rotatable bonds is 4. The van der Waals surface area contributed by atoms with Crippen LogP contribution in [0.25, 0.3) is 0 Å².